The van der Waals surface area contributed by atoms with Gasteiger partial charge in [0.2, 0.25) is 0 Å². The molecule has 0 bridgehead atoms. The summed E-state index contributed by atoms with van der Waals surface area (Å²) in [5.41, 5.74) is 3.08. The van der Waals surface area contributed by atoms with Crippen LogP contribution in [-0.2, 0) is 4.74 Å². The molecular formula is C21H26N2O2. The van der Waals surface area contributed by atoms with E-state index < -0.39 is 5.60 Å². The number of hydrogen-bond acceptors (Lipinski definition) is 3. The Morgan fingerprint density at radius 3 is 2.40 bits per heavy atom. The lowest BCUT2D eigenvalue weighted by Gasteiger charge is -2.33. The quantitative estimate of drug-likeness (QED) is 0.785. The largest absolute Gasteiger partial charge is 0.444 e. The highest BCUT2D eigenvalue weighted by molar-refractivity contribution is 5.69. The second-order valence-electron chi connectivity index (χ2n) is 7.54. The molecule has 1 aliphatic heterocycles. The summed E-state index contributed by atoms with van der Waals surface area (Å²) in [5, 5.41) is 0. The van der Waals surface area contributed by atoms with E-state index in [0.717, 1.165) is 18.5 Å². The van der Waals surface area contributed by atoms with Crippen LogP contribution in [-0.4, -0.2) is 34.7 Å². The summed E-state index contributed by atoms with van der Waals surface area (Å²) in [6.45, 7) is 7.13. The van der Waals surface area contributed by atoms with E-state index in [0.29, 0.717) is 19.0 Å². The predicted molar refractivity (Wildman–Crippen MR) is 99.5 cm³/mol. The molecule has 1 amide bonds. The first kappa shape index (κ1) is 17.5. The van der Waals surface area contributed by atoms with E-state index in [-0.39, 0.29) is 6.09 Å². The standard InChI is InChI=1S/C21H26N2O2/c1-21(2,3)25-20(24)23-14-11-17(12-15-23)19-18(10-7-13-22-19)16-8-5-4-6-9-16/h4-10,13,17H,11-12,14-15H2,1-3H3. The first-order valence-corrected chi connectivity index (χ1v) is 8.92. The summed E-state index contributed by atoms with van der Waals surface area (Å²) >= 11 is 0. The fourth-order valence-corrected chi connectivity index (χ4v) is 3.27. The van der Waals surface area contributed by atoms with Crippen molar-refractivity contribution in [3.63, 3.8) is 0 Å². The Bertz CT molecular complexity index is 714. The SMILES string of the molecule is CC(C)(C)OC(=O)N1CCC(c2ncccc2-c2ccccc2)CC1. The zero-order valence-electron chi connectivity index (χ0n) is 15.2. The van der Waals surface area contributed by atoms with Crippen molar-refractivity contribution in [3.05, 3.63) is 54.4 Å². The van der Waals surface area contributed by atoms with Crippen LogP contribution >= 0.6 is 0 Å². The molecule has 1 saturated heterocycles. The van der Waals surface area contributed by atoms with Crippen LogP contribution in [0.25, 0.3) is 11.1 Å². The number of rotatable bonds is 2. The molecule has 3 rings (SSSR count). The number of nitrogens with zero attached hydrogens (tertiary/aromatic N) is 2. The number of carbonyl (C=O) groups is 1. The maximum absolute atomic E-state index is 12.2. The fraction of sp³-hybridized carbons (Fsp3) is 0.429. The summed E-state index contributed by atoms with van der Waals surface area (Å²) in [4.78, 5) is 18.7. The number of carbonyl (C=O) groups excluding carboxylic acids is 1. The minimum absolute atomic E-state index is 0.213. The molecule has 2 aromatic rings. The number of amides is 1. The van der Waals surface area contributed by atoms with Crippen LogP contribution in [0, 0.1) is 0 Å². The molecule has 0 N–H and O–H groups in total. The van der Waals surface area contributed by atoms with Gasteiger partial charge in [0.05, 0.1) is 5.69 Å². The number of piperidine rings is 1. The molecule has 1 aromatic heterocycles. The third-order valence-electron chi connectivity index (χ3n) is 4.46. The van der Waals surface area contributed by atoms with Crippen LogP contribution in [0.4, 0.5) is 4.79 Å². The van der Waals surface area contributed by atoms with E-state index >= 15 is 0 Å². The van der Waals surface area contributed by atoms with Gasteiger partial charge in [0, 0.05) is 30.8 Å². The van der Waals surface area contributed by atoms with Crippen molar-refractivity contribution in [2.45, 2.75) is 45.1 Å². The molecule has 4 heteroatoms. The van der Waals surface area contributed by atoms with Crippen LogP contribution in [0.5, 0.6) is 0 Å². The Morgan fingerprint density at radius 1 is 1.08 bits per heavy atom. The highest BCUT2D eigenvalue weighted by Crippen LogP contribution is 2.34. The Hall–Kier alpha value is -2.36. The van der Waals surface area contributed by atoms with Crippen molar-refractivity contribution < 1.29 is 9.53 Å². The number of aromatic nitrogens is 1. The van der Waals surface area contributed by atoms with Gasteiger partial charge in [-0.1, -0.05) is 36.4 Å². The minimum Gasteiger partial charge on any atom is -0.444 e. The molecule has 132 valence electrons. The Balaban J connectivity index is 1.71. The fourth-order valence-electron chi connectivity index (χ4n) is 3.27. The molecule has 1 aliphatic rings. The van der Waals surface area contributed by atoms with Gasteiger partial charge in [-0.05, 0) is 45.2 Å². The Kier molecular flexibility index (Phi) is 5.07. The van der Waals surface area contributed by atoms with Crippen molar-refractivity contribution >= 4 is 6.09 Å². The van der Waals surface area contributed by atoms with Crippen LogP contribution < -0.4 is 0 Å². The van der Waals surface area contributed by atoms with E-state index in [1.54, 1.807) is 0 Å². The lowest BCUT2D eigenvalue weighted by Crippen LogP contribution is -2.41. The van der Waals surface area contributed by atoms with Gasteiger partial charge < -0.3 is 9.64 Å². The van der Waals surface area contributed by atoms with Crippen LogP contribution in [0.2, 0.25) is 0 Å². The first-order valence-electron chi connectivity index (χ1n) is 8.92. The third kappa shape index (κ3) is 4.38. The van der Waals surface area contributed by atoms with Crippen molar-refractivity contribution in [1.29, 1.82) is 0 Å². The van der Waals surface area contributed by atoms with Crippen molar-refractivity contribution in [2.75, 3.05) is 13.1 Å². The number of hydrogen-bond donors (Lipinski definition) is 0. The molecule has 25 heavy (non-hydrogen) atoms. The number of pyridine rings is 1. The topological polar surface area (TPSA) is 42.4 Å². The second kappa shape index (κ2) is 7.26. The molecule has 0 radical (unpaired) electrons. The van der Waals surface area contributed by atoms with Gasteiger partial charge in [0.25, 0.3) is 0 Å². The van der Waals surface area contributed by atoms with Crippen LogP contribution in [0.3, 0.4) is 0 Å². The molecule has 0 aliphatic carbocycles. The minimum atomic E-state index is -0.449. The lowest BCUT2D eigenvalue weighted by molar-refractivity contribution is 0.0204. The average Bonchev–Trinajstić information content (AvgIpc) is 2.61. The molecule has 1 fully saturated rings. The molecule has 2 heterocycles. The maximum atomic E-state index is 12.2. The van der Waals surface area contributed by atoms with E-state index in [1.807, 2.05) is 44.0 Å². The Morgan fingerprint density at radius 2 is 1.76 bits per heavy atom. The van der Waals surface area contributed by atoms with Crippen molar-refractivity contribution in [2.24, 2.45) is 0 Å². The summed E-state index contributed by atoms with van der Waals surface area (Å²) in [7, 11) is 0. The number of ether oxygens (including phenoxy) is 1. The zero-order chi connectivity index (χ0) is 17.9. The van der Waals surface area contributed by atoms with Gasteiger partial charge in [-0.25, -0.2) is 4.79 Å². The van der Waals surface area contributed by atoms with Gasteiger partial charge in [0.1, 0.15) is 5.60 Å². The van der Waals surface area contributed by atoms with E-state index in [1.165, 1.54) is 11.1 Å². The molecule has 1 aromatic carbocycles. The van der Waals surface area contributed by atoms with E-state index in [9.17, 15) is 4.79 Å². The van der Waals surface area contributed by atoms with Gasteiger partial charge in [0.15, 0.2) is 0 Å². The molecular weight excluding hydrogens is 312 g/mol. The molecule has 0 spiro atoms. The average molecular weight is 338 g/mol. The van der Waals surface area contributed by atoms with E-state index in [4.69, 9.17) is 4.74 Å². The third-order valence-corrected chi connectivity index (χ3v) is 4.46. The monoisotopic (exact) mass is 338 g/mol. The molecule has 0 unspecified atom stereocenters. The summed E-state index contributed by atoms with van der Waals surface area (Å²) in [5.74, 6) is 0.370. The normalized spacial score (nSPS) is 15.9. The van der Waals surface area contributed by atoms with Crippen LogP contribution in [0.1, 0.15) is 45.2 Å². The highest BCUT2D eigenvalue weighted by atomic mass is 16.6. The zero-order valence-corrected chi connectivity index (χ0v) is 15.2. The maximum Gasteiger partial charge on any atom is 0.410 e. The van der Waals surface area contributed by atoms with Gasteiger partial charge in [-0.15, -0.1) is 0 Å². The molecule has 0 saturated carbocycles. The van der Waals surface area contributed by atoms with Gasteiger partial charge in [-0.3, -0.25) is 4.98 Å². The lowest BCUT2D eigenvalue weighted by atomic mass is 9.88. The van der Waals surface area contributed by atoms with E-state index in [2.05, 4.69) is 35.3 Å². The number of benzene rings is 1. The number of likely N-dealkylation sites (tertiary alicyclic amines) is 1. The van der Waals surface area contributed by atoms with Crippen molar-refractivity contribution in [3.8, 4) is 11.1 Å². The first-order chi connectivity index (χ1) is 11.9. The summed E-state index contributed by atoms with van der Waals surface area (Å²) < 4.78 is 5.48. The smallest absolute Gasteiger partial charge is 0.410 e. The summed E-state index contributed by atoms with van der Waals surface area (Å²) in [6.07, 6.45) is 3.48. The Labute approximate surface area is 149 Å². The molecule has 0 atom stereocenters. The molecule has 4 nitrogen and oxygen atoms in total. The summed E-state index contributed by atoms with van der Waals surface area (Å²) in [6, 6.07) is 14.5. The second-order valence-corrected chi connectivity index (χ2v) is 7.54. The van der Waals surface area contributed by atoms with Crippen molar-refractivity contribution in [1.82, 2.24) is 9.88 Å². The van der Waals surface area contributed by atoms with Crippen LogP contribution in [0.15, 0.2) is 48.7 Å². The highest BCUT2D eigenvalue weighted by Gasteiger charge is 2.29. The van der Waals surface area contributed by atoms with Gasteiger partial charge in [-0.2, -0.15) is 0 Å². The van der Waals surface area contributed by atoms with Gasteiger partial charge >= 0.3 is 6.09 Å². The predicted octanol–water partition coefficient (Wildman–Crippen LogP) is 4.86.